The Morgan fingerprint density at radius 3 is 2.54 bits per heavy atom. The molecule has 0 unspecified atom stereocenters. The highest BCUT2D eigenvalue weighted by atomic mass is 35.5. The summed E-state index contributed by atoms with van der Waals surface area (Å²) in [4.78, 5) is 11.8. The summed E-state index contributed by atoms with van der Waals surface area (Å²) in [5, 5.41) is 5.38. The van der Waals surface area contributed by atoms with Crippen molar-refractivity contribution in [1.82, 2.24) is 0 Å². The third kappa shape index (κ3) is 3.60. The minimum atomic E-state index is -0.321. The maximum absolute atomic E-state index is 11.8. The molecule has 0 aromatic heterocycles. The van der Waals surface area contributed by atoms with Crippen molar-refractivity contribution in [2.75, 3.05) is 17.7 Å². The van der Waals surface area contributed by atoms with Gasteiger partial charge in [-0.2, -0.15) is 0 Å². The highest BCUT2D eigenvalue weighted by molar-refractivity contribution is 6.01. The number of carbonyl (C=O) groups is 1. The molecule has 0 atom stereocenters. The van der Waals surface area contributed by atoms with Gasteiger partial charge in [-0.05, 0) is 37.3 Å². The zero-order valence-electron chi connectivity index (χ0n) is 13.3. The standard InChI is InChI=1S/C19H18N2O2.ClH/c1-2-23-19(22)13-6-3-7-14(12-13)21-18-11-5-8-15-16(18)9-4-10-17(15)20;/h3-12,21H,2,20H2,1H3;1H. The summed E-state index contributed by atoms with van der Waals surface area (Å²) in [6, 6.07) is 19.0. The Bertz CT molecular complexity index is 865. The quantitative estimate of drug-likeness (QED) is 0.529. The smallest absolute Gasteiger partial charge is 0.338 e. The SMILES string of the molecule is CCOC(=O)c1cccc(Nc2cccc3c(N)cccc23)c1.Cl. The van der Waals surface area contributed by atoms with Crippen LogP contribution in [0.5, 0.6) is 0 Å². The molecule has 24 heavy (non-hydrogen) atoms. The number of nitrogen functional groups attached to an aromatic ring is 1. The average Bonchev–Trinajstić information content (AvgIpc) is 2.56. The molecule has 124 valence electrons. The van der Waals surface area contributed by atoms with Crippen LogP contribution in [-0.4, -0.2) is 12.6 Å². The molecule has 0 saturated heterocycles. The number of halogens is 1. The van der Waals surface area contributed by atoms with Crippen molar-refractivity contribution in [3.63, 3.8) is 0 Å². The van der Waals surface area contributed by atoms with Crippen LogP contribution in [0.1, 0.15) is 17.3 Å². The van der Waals surface area contributed by atoms with Crippen molar-refractivity contribution in [2.45, 2.75) is 6.92 Å². The largest absolute Gasteiger partial charge is 0.462 e. The van der Waals surface area contributed by atoms with Crippen molar-refractivity contribution in [1.29, 1.82) is 0 Å². The Morgan fingerprint density at radius 1 is 1.04 bits per heavy atom. The number of nitrogens with one attached hydrogen (secondary N) is 1. The number of anilines is 3. The second kappa shape index (κ2) is 7.70. The zero-order chi connectivity index (χ0) is 16.2. The summed E-state index contributed by atoms with van der Waals surface area (Å²) in [7, 11) is 0. The van der Waals surface area contributed by atoms with Crippen LogP contribution in [0.25, 0.3) is 10.8 Å². The molecule has 3 aromatic carbocycles. The van der Waals surface area contributed by atoms with Gasteiger partial charge in [0.2, 0.25) is 0 Å². The Labute approximate surface area is 147 Å². The molecular formula is C19H19ClN2O2. The lowest BCUT2D eigenvalue weighted by molar-refractivity contribution is 0.0526. The van der Waals surface area contributed by atoms with Crippen molar-refractivity contribution in [2.24, 2.45) is 0 Å². The van der Waals surface area contributed by atoms with E-state index < -0.39 is 0 Å². The number of carbonyl (C=O) groups excluding carboxylic acids is 1. The first-order valence-corrected chi connectivity index (χ1v) is 7.50. The van der Waals surface area contributed by atoms with Crippen LogP contribution in [0, 0.1) is 0 Å². The molecule has 0 amide bonds. The molecule has 3 N–H and O–H groups in total. The van der Waals surface area contributed by atoms with Gasteiger partial charge in [0.25, 0.3) is 0 Å². The van der Waals surface area contributed by atoms with Crippen molar-refractivity contribution in [3.8, 4) is 0 Å². The fourth-order valence-electron chi connectivity index (χ4n) is 2.54. The molecule has 5 heteroatoms. The van der Waals surface area contributed by atoms with Crippen LogP contribution in [0.3, 0.4) is 0 Å². The minimum absolute atomic E-state index is 0. The highest BCUT2D eigenvalue weighted by Gasteiger charge is 2.08. The average molecular weight is 343 g/mol. The fraction of sp³-hybridized carbons (Fsp3) is 0.105. The zero-order valence-corrected chi connectivity index (χ0v) is 14.1. The van der Waals surface area contributed by atoms with Gasteiger partial charge in [0, 0.05) is 27.8 Å². The van der Waals surface area contributed by atoms with Gasteiger partial charge in [0.05, 0.1) is 12.2 Å². The minimum Gasteiger partial charge on any atom is -0.462 e. The van der Waals surface area contributed by atoms with Crippen LogP contribution in [0.4, 0.5) is 17.1 Å². The molecule has 0 spiro atoms. The van der Waals surface area contributed by atoms with Crippen LogP contribution >= 0.6 is 12.4 Å². The number of fused-ring (bicyclic) bond motifs is 1. The number of hydrogen-bond donors (Lipinski definition) is 2. The number of rotatable bonds is 4. The molecule has 0 heterocycles. The van der Waals surface area contributed by atoms with E-state index in [9.17, 15) is 4.79 Å². The molecule has 3 aromatic rings. The molecule has 0 bridgehead atoms. The third-order valence-corrected chi connectivity index (χ3v) is 3.61. The predicted molar refractivity (Wildman–Crippen MR) is 101 cm³/mol. The van der Waals surface area contributed by atoms with Gasteiger partial charge in [-0.25, -0.2) is 4.79 Å². The fourth-order valence-corrected chi connectivity index (χ4v) is 2.54. The van der Waals surface area contributed by atoms with E-state index in [0.717, 1.165) is 27.8 Å². The third-order valence-electron chi connectivity index (χ3n) is 3.61. The summed E-state index contributed by atoms with van der Waals surface area (Å²) in [6.07, 6.45) is 0. The Kier molecular flexibility index (Phi) is 5.66. The first kappa shape index (κ1) is 17.6. The second-order valence-corrected chi connectivity index (χ2v) is 5.17. The lowest BCUT2D eigenvalue weighted by atomic mass is 10.1. The molecule has 0 aliphatic rings. The Balaban J connectivity index is 0.00000208. The molecule has 0 aliphatic heterocycles. The van der Waals surface area contributed by atoms with Crippen LogP contribution in [-0.2, 0) is 4.74 Å². The van der Waals surface area contributed by atoms with E-state index >= 15 is 0 Å². The van der Waals surface area contributed by atoms with Gasteiger partial charge in [0.15, 0.2) is 0 Å². The van der Waals surface area contributed by atoms with E-state index in [-0.39, 0.29) is 18.4 Å². The summed E-state index contributed by atoms with van der Waals surface area (Å²) < 4.78 is 5.04. The number of ether oxygens (including phenoxy) is 1. The predicted octanol–water partition coefficient (Wildman–Crippen LogP) is 4.76. The number of nitrogens with two attached hydrogens (primary N) is 1. The normalized spacial score (nSPS) is 10.0. The van der Waals surface area contributed by atoms with E-state index in [2.05, 4.69) is 5.32 Å². The van der Waals surface area contributed by atoms with E-state index in [0.29, 0.717) is 12.2 Å². The molecular weight excluding hydrogens is 324 g/mol. The topological polar surface area (TPSA) is 64.3 Å². The van der Waals surface area contributed by atoms with E-state index in [1.54, 1.807) is 19.1 Å². The molecule has 3 rings (SSSR count). The lowest BCUT2D eigenvalue weighted by Gasteiger charge is -2.12. The number of esters is 1. The van der Waals surface area contributed by atoms with Crippen LogP contribution in [0.2, 0.25) is 0 Å². The van der Waals surface area contributed by atoms with Crippen LogP contribution in [0.15, 0.2) is 60.7 Å². The van der Waals surface area contributed by atoms with E-state index in [1.807, 2.05) is 48.5 Å². The maximum Gasteiger partial charge on any atom is 0.338 e. The second-order valence-electron chi connectivity index (χ2n) is 5.17. The van der Waals surface area contributed by atoms with Crippen molar-refractivity contribution in [3.05, 3.63) is 66.2 Å². The molecule has 0 radical (unpaired) electrons. The van der Waals surface area contributed by atoms with E-state index in [1.165, 1.54) is 0 Å². The maximum atomic E-state index is 11.8. The summed E-state index contributed by atoms with van der Waals surface area (Å²) in [5.41, 5.74) is 9.06. The first-order chi connectivity index (χ1) is 11.2. The van der Waals surface area contributed by atoms with Gasteiger partial charge < -0.3 is 15.8 Å². The Morgan fingerprint density at radius 2 is 1.75 bits per heavy atom. The van der Waals surface area contributed by atoms with Gasteiger partial charge in [-0.1, -0.05) is 30.3 Å². The van der Waals surface area contributed by atoms with Gasteiger partial charge in [-0.15, -0.1) is 12.4 Å². The van der Waals surface area contributed by atoms with Crippen LogP contribution < -0.4 is 11.1 Å². The summed E-state index contributed by atoms with van der Waals surface area (Å²) >= 11 is 0. The van der Waals surface area contributed by atoms with Gasteiger partial charge >= 0.3 is 5.97 Å². The van der Waals surface area contributed by atoms with Gasteiger partial charge in [0.1, 0.15) is 0 Å². The van der Waals surface area contributed by atoms with Gasteiger partial charge in [-0.3, -0.25) is 0 Å². The molecule has 4 nitrogen and oxygen atoms in total. The highest BCUT2D eigenvalue weighted by Crippen LogP contribution is 2.29. The van der Waals surface area contributed by atoms with E-state index in [4.69, 9.17) is 10.5 Å². The summed E-state index contributed by atoms with van der Waals surface area (Å²) in [6.45, 7) is 2.15. The molecule has 0 saturated carbocycles. The lowest BCUT2D eigenvalue weighted by Crippen LogP contribution is -2.05. The number of hydrogen-bond acceptors (Lipinski definition) is 4. The van der Waals surface area contributed by atoms with Crippen molar-refractivity contribution >= 4 is 46.2 Å². The summed E-state index contributed by atoms with van der Waals surface area (Å²) in [5.74, 6) is -0.321. The molecule has 0 fully saturated rings. The monoisotopic (exact) mass is 342 g/mol. The Hall–Kier alpha value is -2.72. The molecule has 0 aliphatic carbocycles. The number of benzene rings is 3. The first-order valence-electron chi connectivity index (χ1n) is 7.50. The van der Waals surface area contributed by atoms with Crippen molar-refractivity contribution < 1.29 is 9.53 Å².